The SMILES string of the molecule is CSc1ncccc1C(=O)OCC(=O)Nc1c(C(C)C)cccc1C(C)C. The van der Waals surface area contributed by atoms with Crippen molar-refractivity contribution in [1.82, 2.24) is 4.98 Å². The van der Waals surface area contributed by atoms with Crippen molar-refractivity contribution in [1.29, 1.82) is 0 Å². The number of ether oxygens (including phenoxy) is 1. The number of aromatic nitrogens is 1. The van der Waals surface area contributed by atoms with Crippen molar-refractivity contribution < 1.29 is 14.3 Å². The maximum atomic E-state index is 12.4. The normalized spacial score (nSPS) is 10.9. The van der Waals surface area contributed by atoms with Gasteiger partial charge in [-0.2, -0.15) is 0 Å². The summed E-state index contributed by atoms with van der Waals surface area (Å²) in [7, 11) is 0. The fourth-order valence-electron chi connectivity index (χ4n) is 2.79. The number of amides is 1. The second-order valence-corrected chi connectivity index (χ2v) is 7.60. The molecular formula is C21H26N2O3S. The van der Waals surface area contributed by atoms with Gasteiger partial charge in [0.2, 0.25) is 0 Å². The molecular weight excluding hydrogens is 360 g/mol. The lowest BCUT2D eigenvalue weighted by Gasteiger charge is -2.20. The number of benzene rings is 1. The number of esters is 1. The van der Waals surface area contributed by atoms with E-state index in [0.29, 0.717) is 10.6 Å². The van der Waals surface area contributed by atoms with Crippen LogP contribution in [0, 0.1) is 0 Å². The second kappa shape index (κ2) is 9.55. The average Bonchev–Trinajstić information content (AvgIpc) is 2.65. The van der Waals surface area contributed by atoms with E-state index >= 15 is 0 Å². The highest BCUT2D eigenvalue weighted by Gasteiger charge is 2.18. The van der Waals surface area contributed by atoms with Crippen LogP contribution in [0.15, 0.2) is 41.6 Å². The van der Waals surface area contributed by atoms with Crippen molar-refractivity contribution in [3.8, 4) is 0 Å². The lowest BCUT2D eigenvalue weighted by molar-refractivity contribution is -0.119. The summed E-state index contributed by atoms with van der Waals surface area (Å²) in [5, 5.41) is 3.52. The van der Waals surface area contributed by atoms with Crippen LogP contribution in [-0.4, -0.2) is 29.7 Å². The van der Waals surface area contributed by atoms with Gasteiger partial charge in [0.25, 0.3) is 5.91 Å². The molecule has 0 saturated carbocycles. The molecule has 0 spiro atoms. The second-order valence-electron chi connectivity index (χ2n) is 6.81. The highest BCUT2D eigenvalue weighted by molar-refractivity contribution is 7.98. The van der Waals surface area contributed by atoms with Crippen molar-refractivity contribution in [3.05, 3.63) is 53.2 Å². The minimum Gasteiger partial charge on any atom is -0.452 e. The van der Waals surface area contributed by atoms with Crippen LogP contribution in [0.5, 0.6) is 0 Å². The first-order valence-electron chi connectivity index (χ1n) is 8.93. The zero-order valence-electron chi connectivity index (χ0n) is 16.4. The Morgan fingerprint density at radius 2 is 1.70 bits per heavy atom. The molecule has 1 heterocycles. The minimum absolute atomic E-state index is 0.265. The van der Waals surface area contributed by atoms with Gasteiger partial charge in [0.05, 0.1) is 5.56 Å². The third kappa shape index (κ3) is 5.32. The van der Waals surface area contributed by atoms with Gasteiger partial charge in [-0.15, -0.1) is 11.8 Å². The van der Waals surface area contributed by atoms with Gasteiger partial charge in [0.1, 0.15) is 5.03 Å². The van der Waals surface area contributed by atoms with E-state index in [0.717, 1.165) is 16.8 Å². The Balaban J connectivity index is 2.11. The summed E-state index contributed by atoms with van der Waals surface area (Å²) in [4.78, 5) is 28.9. The summed E-state index contributed by atoms with van der Waals surface area (Å²) in [5.41, 5.74) is 3.31. The Bertz CT molecular complexity index is 793. The van der Waals surface area contributed by atoms with Gasteiger partial charge in [-0.3, -0.25) is 4.79 Å². The van der Waals surface area contributed by atoms with Gasteiger partial charge < -0.3 is 10.1 Å². The fraction of sp³-hybridized carbons (Fsp3) is 0.381. The van der Waals surface area contributed by atoms with E-state index in [1.807, 2.05) is 24.5 Å². The molecule has 0 aliphatic carbocycles. The number of anilines is 1. The molecule has 0 bridgehead atoms. The van der Waals surface area contributed by atoms with E-state index in [4.69, 9.17) is 4.74 Å². The van der Waals surface area contributed by atoms with Crippen LogP contribution < -0.4 is 5.32 Å². The number of rotatable bonds is 7. The van der Waals surface area contributed by atoms with Gasteiger partial charge in [-0.25, -0.2) is 9.78 Å². The molecule has 0 atom stereocenters. The molecule has 0 radical (unpaired) electrons. The van der Waals surface area contributed by atoms with Crippen LogP contribution in [0.25, 0.3) is 0 Å². The number of carbonyl (C=O) groups excluding carboxylic acids is 2. The average molecular weight is 387 g/mol. The van der Waals surface area contributed by atoms with E-state index in [2.05, 4.69) is 38.0 Å². The minimum atomic E-state index is -0.552. The number of thioether (sulfide) groups is 1. The maximum absolute atomic E-state index is 12.4. The number of pyridine rings is 1. The Hall–Kier alpha value is -2.34. The van der Waals surface area contributed by atoms with Gasteiger partial charge in [0, 0.05) is 11.9 Å². The first-order valence-corrected chi connectivity index (χ1v) is 10.2. The molecule has 2 rings (SSSR count). The van der Waals surface area contributed by atoms with Crippen LogP contribution in [-0.2, 0) is 9.53 Å². The third-order valence-electron chi connectivity index (χ3n) is 4.16. The Labute approximate surface area is 164 Å². The molecule has 27 heavy (non-hydrogen) atoms. The van der Waals surface area contributed by atoms with Gasteiger partial charge in [-0.05, 0) is 41.4 Å². The molecule has 144 valence electrons. The van der Waals surface area contributed by atoms with E-state index in [9.17, 15) is 9.59 Å². The summed E-state index contributed by atoms with van der Waals surface area (Å²) >= 11 is 1.36. The Morgan fingerprint density at radius 3 is 2.26 bits per heavy atom. The molecule has 5 nitrogen and oxygen atoms in total. The molecule has 1 N–H and O–H groups in total. The molecule has 0 saturated heterocycles. The number of para-hydroxylation sites is 1. The number of hydrogen-bond donors (Lipinski definition) is 1. The predicted octanol–water partition coefficient (Wildman–Crippen LogP) is 4.85. The number of hydrogen-bond acceptors (Lipinski definition) is 5. The van der Waals surface area contributed by atoms with Crippen LogP contribution in [0.1, 0.15) is 61.0 Å². The van der Waals surface area contributed by atoms with Crippen LogP contribution >= 0.6 is 11.8 Å². The molecule has 6 heteroatoms. The van der Waals surface area contributed by atoms with Gasteiger partial charge in [-0.1, -0.05) is 45.9 Å². The molecule has 0 fully saturated rings. The first kappa shape index (κ1) is 21.0. The molecule has 1 amide bonds. The Kier molecular flexibility index (Phi) is 7.42. The summed E-state index contributed by atoms with van der Waals surface area (Å²) < 4.78 is 5.20. The van der Waals surface area contributed by atoms with Crippen molar-refractivity contribution in [2.45, 2.75) is 44.6 Å². The van der Waals surface area contributed by atoms with Crippen molar-refractivity contribution in [3.63, 3.8) is 0 Å². The van der Waals surface area contributed by atoms with Gasteiger partial charge >= 0.3 is 5.97 Å². The molecule has 0 aliphatic heterocycles. The summed E-state index contributed by atoms with van der Waals surface area (Å²) in [5.74, 6) is -0.376. The maximum Gasteiger partial charge on any atom is 0.341 e. The van der Waals surface area contributed by atoms with Crippen LogP contribution in [0.4, 0.5) is 5.69 Å². The molecule has 1 aromatic carbocycles. The zero-order valence-corrected chi connectivity index (χ0v) is 17.2. The lowest BCUT2D eigenvalue weighted by Crippen LogP contribution is -2.23. The van der Waals surface area contributed by atoms with E-state index in [1.54, 1.807) is 18.3 Å². The standard InChI is InChI=1S/C21H26N2O3S/c1-13(2)15-8-6-9-16(14(3)4)19(15)23-18(24)12-26-21(25)17-10-7-11-22-20(17)27-5/h6-11,13-14H,12H2,1-5H3,(H,23,24). The topological polar surface area (TPSA) is 68.3 Å². The van der Waals surface area contributed by atoms with Crippen LogP contribution in [0.3, 0.4) is 0 Å². The largest absolute Gasteiger partial charge is 0.452 e. The quantitative estimate of drug-likeness (QED) is 0.544. The smallest absolute Gasteiger partial charge is 0.341 e. The number of carbonyl (C=O) groups is 2. The lowest BCUT2D eigenvalue weighted by atomic mass is 9.92. The number of nitrogens with one attached hydrogen (secondary N) is 1. The van der Waals surface area contributed by atoms with Crippen molar-refractivity contribution in [2.24, 2.45) is 0 Å². The summed E-state index contributed by atoms with van der Waals surface area (Å²) in [6.45, 7) is 8.00. The third-order valence-corrected chi connectivity index (χ3v) is 4.87. The van der Waals surface area contributed by atoms with E-state index < -0.39 is 5.97 Å². The molecule has 1 aromatic heterocycles. The Morgan fingerprint density at radius 1 is 1.07 bits per heavy atom. The molecule has 0 unspecified atom stereocenters. The van der Waals surface area contributed by atoms with Gasteiger partial charge in [0.15, 0.2) is 6.61 Å². The van der Waals surface area contributed by atoms with Crippen LogP contribution in [0.2, 0.25) is 0 Å². The van der Waals surface area contributed by atoms with Crippen molar-refractivity contribution in [2.75, 3.05) is 18.2 Å². The predicted molar refractivity (Wildman–Crippen MR) is 110 cm³/mol. The summed E-state index contributed by atoms with van der Waals surface area (Å²) in [6, 6.07) is 9.35. The monoisotopic (exact) mass is 386 g/mol. The molecule has 0 aliphatic rings. The van der Waals surface area contributed by atoms with Crippen molar-refractivity contribution >= 4 is 29.3 Å². The van der Waals surface area contributed by atoms with E-state index in [-0.39, 0.29) is 24.3 Å². The fourth-order valence-corrected chi connectivity index (χ4v) is 3.33. The summed E-state index contributed by atoms with van der Waals surface area (Å²) in [6.07, 6.45) is 3.45. The highest BCUT2D eigenvalue weighted by Crippen LogP contribution is 2.32. The zero-order chi connectivity index (χ0) is 20.0. The first-order chi connectivity index (χ1) is 12.8. The number of nitrogens with zero attached hydrogens (tertiary/aromatic N) is 1. The van der Waals surface area contributed by atoms with E-state index in [1.165, 1.54) is 11.8 Å². The molecule has 2 aromatic rings. The highest BCUT2D eigenvalue weighted by atomic mass is 32.2.